The number of rotatable bonds is 5. The molecule has 0 heterocycles. The molecule has 0 aromatic heterocycles. The van der Waals surface area contributed by atoms with Crippen LogP contribution in [0.4, 0.5) is 0 Å². The van der Waals surface area contributed by atoms with Gasteiger partial charge in [-0.2, -0.15) is 0 Å². The van der Waals surface area contributed by atoms with E-state index >= 15 is 0 Å². The average molecular weight is 189 g/mol. The molecule has 0 radical (unpaired) electrons. The van der Waals surface area contributed by atoms with Gasteiger partial charge in [0, 0.05) is 0 Å². The van der Waals surface area contributed by atoms with Crippen molar-refractivity contribution in [1.82, 2.24) is 0 Å². The van der Waals surface area contributed by atoms with Gasteiger partial charge in [-0.05, 0) is 0 Å². The summed E-state index contributed by atoms with van der Waals surface area (Å²) in [6, 6.07) is -0.712. The lowest BCUT2D eigenvalue weighted by atomic mass is 10.1. The fraction of sp³-hybridized carbons (Fsp3) is 0.750. The first-order valence-corrected chi connectivity index (χ1v) is 4.04. The van der Waals surface area contributed by atoms with Crippen molar-refractivity contribution in [1.29, 1.82) is 0 Å². The molecule has 0 amide bonds. The van der Waals surface area contributed by atoms with Crippen LogP contribution < -0.4 is 5.73 Å². The van der Waals surface area contributed by atoms with Crippen molar-refractivity contribution in [2.75, 3.05) is 27.7 Å². The van der Waals surface area contributed by atoms with Gasteiger partial charge in [-0.1, -0.05) is 0 Å². The molecule has 13 heavy (non-hydrogen) atoms. The van der Waals surface area contributed by atoms with E-state index in [0.29, 0.717) is 0 Å². The summed E-state index contributed by atoms with van der Waals surface area (Å²) in [6.45, 7) is -0.0935. The lowest BCUT2D eigenvalue weighted by Gasteiger charge is -2.30. The van der Waals surface area contributed by atoms with Gasteiger partial charge in [0.1, 0.15) is 0 Å². The monoisotopic (exact) mass is 189 g/mol. The highest BCUT2D eigenvalue weighted by Crippen LogP contribution is 2.08. The minimum atomic E-state index is -0.964. The summed E-state index contributed by atoms with van der Waals surface area (Å²) in [7, 11) is 5.22. The molecule has 0 fully saturated rings. The maximum atomic E-state index is 11.0. The number of carbonyl (C=O) groups excluding carboxylic acids is 1. The summed E-state index contributed by atoms with van der Waals surface area (Å²) in [5.41, 5.74) is 5.11. The molecule has 5 nitrogen and oxygen atoms in total. The number of Topliss-reactive ketones (excluding diaryl/α,β-unsaturated/α-hetero) is 1. The van der Waals surface area contributed by atoms with Crippen LogP contribution in [0.5, 0.6) is 0 Å². The predicted octanol–water partition coefficient (Wildman–Crippen LogP) is -0.936. The van der Waals surface area contributed by atoms with Crippen LogP contribution in [0.15, 0.2) is 0 Å². The largest absolute Gasteiger partial charge is 0.477 e. The number of carboxylic acid groups (broad SMARTS) is 1. The lowest BCUT2D eigenvalue weighted by molar-refractivity contribution is -0.886. The van der Waals surface area contributed by atoms with E-state index in [1.54, 1.807) is 21.1 Å². The third kappa shape index (κ3) is 4.00. The molecule has 0 saturated heterocycles. The Morgan fingerprint density at radius 2 is 1.85 bits per heavy atom. The van der Waals surface area contributed by atoms with Crippen molar-refractivity contribution < 1.29 is 19.2 Å². The Morgan fingerprint density at radius 3 is 2.08 bits per heavy atom. The molecule has 0 aromatic carbocycles. The van der Waals surface area contributed by atoms with E-state index in [9.17, 15) is 9.59 Å². The number of carboxylic acids is 1. The first kappa shape index (κ1) is 12.1. The first-order chi connectivity index (χ1) is 5.79. The van der Waals surface area contributed by atoms with E-state index < -0.39 is 12.0 Å². The molecule has 0 unspecified atom stereocenters. The Hall–Kier alpha value is -0.940. The van der Waals surface area contributed by atoms with Gasteiger partial charge in [-0.3, -0.25) is 4.79 Å². The summed E-state index contributed by atoms with van der Waals surface area (Å²) >= 11 is 0. The zero-order valence-corrected chi connectivity index (χ0v) is 8.28. The molecule has 0 saturated carbocycles. The van der Waals surface area contributed by atoms with E-state index in [0.717, 1.165) is 0 Å². The van der Waals surface area contributed by atoms with Gasteiger partial charge in [0.25, 0.3) is 0 Å². The van der Waals surface area contributed by atoms with Gasteiger partial charge in [-0.25, -0.2) is 4.79 Å². The van der Waals surface area contributed by atoms with Crippen LogP contribution in [0, 0.1) is 0 Å². The Balaban J connectivity index is 4.46. The minimum Gasteiger partial charge on any atom is -0.477 e. The first-order valence-electron chi connectivity index (χ1n) is 4.04. The number of nitrogens with zero attached hydrogens (tertiary/aromatic N) is 1. The number of carbonyl (C=O) groups is 2. The zero-order chi connectivity index (χ0) is 10.6. The van der Waals surface area contributed by atoms with Crippen molar-refractivity contribution in [2.24, 2.45) is 5.73 Å². The third-order valence-electron chi connectivity index (χ3n) is 1.87. The smallest absolute Gasteiger partial charge is 0.363 e. The Bertz CT molecular complexity index is 208. The maximum Gasteiger partial charge on any atom is 0.363 e. The molecule has 5 heteroatoms. The number of likely N-dealkylation sites (N-methyl/N-ethyl adjacent to an activating group) is 1. The quantitative estimate of drug-likeness (QED) is 0.547. The van der Waals surface area contributed by atoms with Crippen LogP contribution in [0.1, 0.15) is 6.42 Å². The molecule has 1 atom stereocenters. The minimum absolute atomic E-state index is 0.00463. The predicted molar refractivity (Wildman–Crippen MR) is 48.1 cm³/mol. The van der Waals surface area contributed by atoms with Gasteiger partial charge in [0.05, 0.1) is 34.1 Å². The number of aliphatic carboxylic acids is 1. The normalized spacial score (nSPS) is 13.8. The van der Waals surface area contributed by atoms with Crippen LogP contribution in [0.3, 0.4) is 0 Å². The second-order valence-corrected chi connectivity index (χ2v) is 3.92. The molecular formula is C8H17N2O3+. The van der Waals surface area contributed by atoms with Gasteiger partial charge < -0.3 is 15.3 Å². The lowest BCUT2D eigenvalue weighted by Crippen LogP contribution is -2.51. The number of nitrogens with two attached hydrogens (primary N) is 1. The van der Waals surface area contributed by atoms with E-state index in [4.69, 9.17) is 10.8 Å². The molecule has 0 aromatic rings. The highest BCUT2D eigenvalue weighted by atomic mass is 16.4. The second kappa shape index (κ2) is 4.34. The molecule has 0 aliphatic heterocycles. The van der Waals surface area contributed by atoms with Gasteiger partial charge in [0.2, 0.25) is 0 Å². The molecule has 0 aliphatic carbocycles. The molecular weight excluding hydrogens is 172 g/mol. The van der Waals surface area contributed by atoms with Crippen LogP contribution >= 0.6 is 0 Å². The van der Waals surface area contributed by atoms with Crippen molar-refractivity contribution in [3.8, 4) is 0 Å². The molecule has 76 valence electrons. The second-order valence-electron chi connectivity index (χ2n) is 3.92. The van der Waals surface area contributed by atoms with Crippen LogP contribution in [0.25, 0.3) is 0 Å². The average Bonchev–Trinajstić information content (AvgIpc) is 1.96. The topological polar surface area (TPSA) is 80.4 Å². The zero-order valence-electron chi connectivity index (χ0n) is 8.28. The Labute approximate surface area is 77.7 Å². The van der Waals surface area contributed by atoms with Crippen molar-refractivity contribution in [2.45, 2.75) is 12.5 Å². The molecule has 0 rings (SSSR count). The van der Waals surface area contributed by atoms with E-state index in [2.05, 4.69) is 0 Å². The Kier molecular flexibility index (Phi) is 4.03. The van der Waals surface area contributed by atoms with Crippen molar-refractivity contribution >= 4 is 11.8 Å². The summed E-state index contributed by atoms with van der Waals surface area (Å²) in [5.74, 6) is -1.19. The summed E-state index contributed by atoms with van der Waals surface area (Å²) < 4.78 is 0.223. The fourth-order valence-corrected chi connectivity index (χ4v) is 0.991. The summed E-state index contributed by atoms with van der Waals surface area (Å²) in [6.07, 6.45) is -0.00463. The summed E-state index contributed by atoms with van der Waals surface area (Å²) in [4.78, 5) is 21.8. The molecule has 0 spiro atoms. The summed E-state index contributed by atoms with van der Waals surface area (Å²) in [5, 5.41) is 8.84. The molecule has 0 aliphatic rings. The van der Waals surface area contributed by atoms with Crippen LogP contribution in [-0.2, 0) is 9.59 Å². The van der Waals surface area contributed by atoms with Gasteiger partial charge in [-0.15, -0.1) is 0 Å². The van der Waals surface area contributed by atoms with Crippen LogP contribution in [-0.4, -0.2) is 55.1 Å². The number of quaternary nitrogens is 1. The van der Waals surface area contributed by atoms with Gasteiger partial charge >= 0.3 is 5.97 Å². The van der Waals surface area contributed by atoms with E-state index in [1.165, 1.54) is 0 Å². The standard InChI is InChI=1S/C8H16N2O3/c1-10(2,3)7(8(12)13)4-6(11)5-9/h7H,4-5,9H2,1-3H3/p+1/t7-/m0/s1. The van der Waals surface area contributed by atoms with Crippen molar-refractivity contribution in [3.63, 3.8) is 0 Å². The van der Waals surface area contributed by atoms with E-state index in [1.807, 2.05) is 0 Å². The number of hydrogen-bond donors (Lipinski definition) is 2. The highest BCUT2D eigenvalue weighted by molar-refractivity contribution is 5.86. The number of hydrogen-bond acceptors (Lipinski definition) is 3. The van der Waals surface area contributed by atoms with Crippen molar-refractivity contribution in [3.05, 3.63) is 0 Å². The fourth-order valence-electron chi connectivity index (χ4n) is 0.991. The SMILES string of the molecule is C[N+](C)(C)[C@@H](CC(=O)CN)C(=O)O. The van der Waals surface area contributed by atoms with E-state index in [-0.39, 0.29) is 23.2 Å². The highest BCUT2D eigenvalue weighted by Gasteiger charge is 2.32. The molecule has 3 N–H and O–H groups in total. The molecule has 0 bridgehead atoms. The number of ketones is 1. The maximum absolute atomic E-state index is 11.0. The third-order valence-corrected chi connectivity index (χ3v) is 1.87. The van der Waals surface area contributed by atoms with Crippen LogP contribution in [0.2, 0.25) is 0 Å². The Morgan fingerprint density at radius 1 is 1.38 bits per heavy atom. The van der Waals surface area contributed by atoms with Gasteiger partial charge in [0.15, 0.2) is 11.8 Å².